The van der Waals surface area contributed by atoms with Crippen molar-refractivity contribution in [2.45, 2.75) is 233 Å². The second kappa shape index (κ2) is 46.1. The Hall–Kier alpha value is -2.88. The zero-order chi connectivity index (χ0) is 45.6. The van der Waals surface area contributed by atoms with E-state index in [0.29, 0.717) is 19.3 Å². The molecule has 1 atom stereocenters. The van der Waals surface area contributed by atoms with E-state index in [9.17, 15) is 19.2 Å². The average molecular weight is 878 g/mol. The van der Waals surface area contributed by atoms with Crippen LogP contribution in [0.4, 0.5) is 4.79 Å². The molecular formula is C52H95NO9. The Kier molecular flexibility index (Phi) is 44.0. The van der Waals surface area contributed by atoms with Gasteiger partial charge in [-0.05, 0) is 90.1 Å². The lowest BCUT2D eigenvalue weighted by molar-refractivity contribution is -0.150. The van der Waals surface area contributed by atoms with Gasteiger partial charge < -0.3 is 28.6 Å². The number of unbranched alkanes of at least 4 members (excludes halogenated alkanes) is 18. The van der Waals surface area contributed by atoms with E-state index in [0.717, 1.165) is 103 Å². The maximum absolute atomic E-state index is 12.8. The van der Waals surface area contributed by atoms with Crippen molar-refractivity contribution in [3.05, 3.63) is 24.3 Å². The molecule has 0 amide bonds. The molecule has 0 aromatic carbocycles. The Morgan fingerprint density at radius 2 is 0.903 bits per heavy atom. The predicted molar refractivity (Wildman–Crippen MR) is 254 cm³/mol. The largest absolute Gasteiger partial charge is 0.508 e. The van der Waals surface area contributed by atoms with Crippen LogP contribution in [0.3, 0.4) is 0 Å². The molecule has 0 heterocycles. The molecule has 362 valence electrons. The summed E-state index contributed by atoms with van der Waals surface area (Å²) in [5.74, 6) is -1.60. The molecule has 0 N–H and O–H groups in total. The monoisotopic (exact) mass is 878 g/mol. The molecule has 0 aromatic rings. The molecule has 0 bridgehead atoms. The summed E-state index contributed by atoms with van der Waals surface area (Å²) in [6.07, 6.45) is 38.0. The van der Waals surface area contributed by atoms with E-state index in [1.165, 1.54) is 77.0 Å². The zero-order valence-corrected chi connectivity index (χ0v) is 40.7. The first-order chi connectivity index (χ1) is 30.3. The van der Waals surface area contributed by atoms with Crippen LogP contribution in [0.25, 0.3) is 0 Å². The van der Waals surface area contributed by atoms with Crippen molar-refractivity contribution in [1.82, 2.24) is 4.90 Å². The fraction of sp³-hybridized carbons (Fsp3) is 0.846. The molecule has 62 heavy (non-hydrogen) atoms. The highest BCUT2D eigenvalue weighted by Gasteiger charge is 2.20. The first-order valence-electron chi connectivity index (χ1n) is 25.6. The minimum absolute atomic E-state index is 0.0491. The molecule has 1 unspecified atom stereocenters. The summed E-state index contributed by atoms with van der Waals surface area (Å²) >= 11 is 0. The maximum Gasteiger partial charge on any atom is 0.508 e. The first-order valence-corrected chi connectivity index (χ1v) is 25.6. The van der Waals surface area contributed by atoms with E-state index in [2.05, 4.69) is 63.8 Å². The van der Waals surface area contributed by atoms with Gasteiger partial charge in [0, 0.05) is 25.8 Å². The quantitative estimate of drug-likeness (QED) is 0.0253. The summed E-state index contributed by atoms with van der Waals surface area (Å²) < 4.78 is 27.6. The summed E-state index contributed by atoms with van der Waals surface area (Å²) in [5, 5.41) is 0. The minimum atomic E-state index is -0.804. The number of esters is 3. The summed E-state index contributed by atoms with van der Waals surface area (Å²) in [7, 11) is 0. The molecule has 0 aliphatic rings. The van der Waals surface area contributed by atoms with E-state index in [4.69, 9.17) is 23.7 Å². The zero-order valence-electron chi connectivity index (χ0n) is 40.7. The van der Waals surface area contributed by atoms with Gasteiger partial charge in [-0.25, -0.2) is 4.79 Å². The molecule has 0 saturated carbocycles. The summed E-state index contributed by atoms with van der Waals surface area (Å²) in [6.45, 7) is 13.5. The molecule has 10 heteroatoms. The Morgan fingerprint density at radius 3 is 1.47 bits per heavy atom. The van der Waals surface area contributed by atoms with Gasteiger partial charge in [0.15, 0.2) is 0 Å². The molecule has 0 aromatic heterocycles. The van der Waals surface area contributed by atoms with Gasteiger partial charge >= 0.3 is 24.1 Å². The van der Waals surface area contributed by atoms with Crippen molar-refractivity contribution in [2.24, 2.45) is 5.92 Å². The first kappa shape index (κ1) is 59.1. The second-order valence-electron chi connectivity index (χ2n) is 17.1. The van der Waals surface area contributed by atoms with Crippen LogP contribution in [0.15, 0.2) is 24.3 Å². The van der Waals surface area contributed by atoms with Crippen LogP contribution in [0.1, 0.15) is 227 Å². The van der Waals surface area contributed by atoms with Crippen molar-refractivity contribution in [3.63, 3.8) is 0 Å². The Bertz CT molecular complexity index is 1090. The van der Waals surface area contributed by atoms with Crippen LogP contribution in [-0.4, -0.2) is 81.1 Å². The average Bonchev–Trinajstić information content (AvgIpc) is 3.26. The van der Waals surface area contributed by atoms with Crippen LogP contribution in [-0.2, 0) is 38.1 Å². The molecule has 0 fully saturated rings. The SMILES string of the molecule is CCCCC/C=C\C/C=C\CCCCCCCC(=O)OCC(COC(=O)CCCC(=O)OC(CCCCCCCC)CCCCCCCC)COC(=O)OCCCN(CC)CC. The fourth-order valence-electron chi connectivity index (χ4n) is 7.19. The summed E-state index contributed by atoms with van der Waals surface area (Å²) in [5.41, 5.74) is 0. The minimum Gasteiger partial charge on any atom is -0.465 e. The van der Waals surface area contributed by atoms with Crippen LogP contribution in [0, 0.1) is 5.92 Å². The van der Waals surface area contributed by atoms with Crippen LogP contribution < -0.4 is 0 Å². The molecule has 0 aliphatic carbocycles. The third-order valence-electron chi connectivity index (χ3n) is 11.3. The molecule has 0 radical (unpaired) electrons. The lowest BCUT2D eigenvalue weighted by Gasteiger charge is -2.19. The van der Waals surface area contributed by atoms with Crippen molar-refractivity contribution in [2.75, 3.05) is 46.1 Å². The van der Waals surface area contributed by atoms with Gasteiger partial charge in [-0.2, -0.15) is 0 Å². The third-order valence-corrected chi connectivity index (χ3v) is 11.3. The van der Waals surface area contributed by atoms with Gasteiger partial charge in [-0.1, -0.05) is 155 Å². The Labute approximate surface area is 380 Å². The van der Waals surface area contributed by atoms with E-state index >= 15 is 0 Å². The number of carbonyl (C=O) groups is 4. The number of nitrogens with zero attached hydrogens (tertiary/aromatic N) is 1. The number of allylic oxidation sites excluding steroid dienone is 4. The van der Waals surface area contributed by atoms with Crippen molar-refractivity contribution in [3.8, 4) is 0 Å². The fourth-order valence-corrected chi connectivity index (χ4v) is 7.19. The van der Waals surface area contributed by atoms with E-state index < -0.39 is 18.0 Å². The standard InChI is InChI=1S/C52H95NO9/c1-6-11-14-17-20-21-22-23-24-25-26-27-28-31-34-39-49(54)59-44-47(46-61-52(57)58-43-36-42-53(9-4)10-5)45-60-50(55)40-35-41-51(56)62-48(37-32-29-18-15-12-7-2)38-33-30-19-16-13-8-3/h20-21,23-24,47-48H,6-19,22,25-46H2,1-5H3/b21-20-,24-23-. The third kappa shape index (κ3) is 41.1. The number of hydrogen-bond acceptors (Lipinski definition) is 10. The number of hydrogen-bond donors (Lipinski definition) is 0. The van der Waals surface area contributed by atoms with E-state index in [1.54, 1.807) is 0 Å². The van der Waals surface area contributed by atoms with Crippen molar-refractivity contribution in [1.29, 1.82) is 0 Å². The topological polar surface area (TPSA) is 118 Å². The number of carbonyl (C=O) groups excluding carboxylic acids is 4. The summed E-state index contributed by atoms with van der Waals surface area (Å²) in [6, 6.07) is 0. The highest BCUT2D eigenvalue weighted by atomic mass is 16.7. The maximum atomic E-state index is 12.8. The Balaban J connectivity index is 4.78. The van der Waals surface area contributed by atoms with Crippen molar-refractivity contribution >= 4 is 24.1 Å². The molecule has 10 nitrogen and oxygen atoms in total. The van der Waals surface area contributed by atoms with Gasteiger partial charge in [-0.15, -0.1) is 0 Å². The molecule has 0 aliphatic heterocycles. The second-order valence-corrected chi connectivity index (χ2v) is 17.1. The van der Waals surface area contributed by atoms with Gasteiger partial charge in [0.25, 0.3) is 0 Å². The molecule has 0 spiro atoms. The normalized spacial score (nSPS) is 12.1. The number of rotatable bonds is 45. The smallest absolute Gasteiger partial charge is 0.465 e. The van der Waals surface area contributed by atoms with Gasteiger partial charge in [-0.3, -0.25) is 14.4 Å². The highest BCUT2D eigenvalue weighted by molar-refractivity contribution is 5.72. The lowest BCUT2D eigenvalue weighted by Crippen LogP contribution is -2.27. The summed E-state index contributed by atoms with van der Waals surface area (Å²) in [4.78, 5) is 52.8. The lowest BCUT2D eigenvalue weighted by atomic mass is 10.0. The highest BCUT2D eigenvalue weighted by Crippen LogP contribution is 2.18. The van der Waals surface area contributed by atoms with Crippen molar-refractivity contribution < 1.29 is 42.9 Å². The van der Waals surface area contributed by atoms with Gasteiger partial charge in [0.1, 0.15) is 25.9 Å². The Morgan fingerprint density at radius 1 is 0.452 bits per heavy atom. The van der Waals surface area contributed by atoms with Gasteiger partial charge in [0.2, 0.25) is 0 Å². The number of ether oxygens (including phenoxy) is 5. The van der Waals surface area contributed by atoms with Crippen LogP contribution >= 0.6 is 0 Å². The molecule has 0 saturated heterocycles. The van der Waals surface area contributed by atoms with Crippen LogP contribution in [0.5, 0.6) is 0 Å². The van der Waals surface area contributed by atoms with E-state index in [1.807, 2.05) is 0 Å². The predicted octanol–water partition coefficient (Wildman–Crippen LogP) is 14.0. The van der Waals surface area contributed by atoms with Crippen LogP contribution in [0.2, 0.25) is 0 Å². The van der Waals surface area contributed by atoms with Gasteiger partial charge in [0.05, 0.1) is 12.5 Å². The van der Waals surface area contributed by atoms with E-state index in [-0.39, 0.29) is 57.3 Å². The molecule has 0 rings (SSSR count). The molecular weight excluding hydrogens is 783 g/mol.